The highest BCUT2D eigenvalue weighted by molar-refractivity contribution is 7.98. The largest absolute Gasteiger partial charge is 0.394 e. The zero-order chi connectivity index (χ0) is 10.6. The molecule has 1 unspecified atom stereocenters. The maximum absolute atomic E-state index is 9.12. The van der Waals surface area contributed by atoms with E-state index in [4.69, 9.17) is 14.7 Å². The van der Waals surface area contributed by atoms with E-state index < -0.39 is 6.10 Å². The van der Waals surface area contributed by atoms with Gasteiger partial charge in [-0.15, -0.1) is 0 Å². The molecule has 0 fully saturated rings. The molecule has 1 aromatic rings. The number of aliphatic hydroxyl groups excluding tert-OH is 2. The fourth-order valence-electron chi connectivity index (χ4n) is 1.06. The van der Waals surface area contributed by atoms with Crippen LogP contribution in [0.5, 0.6) is 0 Å². The van der Waals surface area contributed by atoms with Gasteiger partial charge in [0.15, 0.2) is 0 Å². The Balaban J connectivity index is 2.38. The summed E-state index contributed by atoms with van der Waals surface area (Å²) in [5.74, 6) is 2.12. The number of rotatable bonds is 5. The molecule has 0 amide bonds. The lowest BCUT2D eigenvalue weighted by Crippen LogP contribution is -2.14. The minimum absolute atomic E-state index is 0.186. The average molecular weight is 217 g/mol. The molecule has 1 atom stereocenters. The summed E-state index contributed by atoms with van der Waals surface area (Å²) in [5.41, 5.74) is 1.98. The highest BCUT2D eigenvalue weighted by atomic mass is 32.2. The third kappa shape index (κ3) is 3.01. The van der Waals surface area contributed by atoms with Gasteiger partial charge in [0.25, 0.3) is 0 Å². The number of aliphatic hydroxyl groups is 2. The molecule has 0 aromatic carbocycles. The van der Waals surface area contributed by atoms with Gasteiger partial charge in [-0.2, -0.15) is 11.8 Å². The molecule has 0 saturated carbocycles. The molecule has 0 aliphatic carbocycles. The van der Waals surface area contributed by atoms with Crippen molar-refractivity contribution >= 4 is 11.8 Å². The van der Waals surface area contributed by atoms with Gasteiger partial charge in [0, 0.05) is 17.1 Å². The molecule has 1 aromatic heterocycles. The van der Waals surface area contributed by atoms with E-state index >= 15 is 0 Å². The van der Waals surface area contributed by atoms with Crippen molar-refractivity contribution in [1.29, 1.82) is 0 Å². The van der Waals surface area contributed by atoms with Crippen molar-refractivity contribution in [3.63, 3.8) is 0 Å². The Morgan fingerprint density at radius 1 is 1.50 bits per heavy atom. The van der Waals surface area contributed by atoms with Crippen molar-refractivity contribution in [2.45, 2.75) is 25.7 Å². The number of hydrogen-bond acceptors (Lipinski definition) is 5. The third-order valence-electron chi connectivity index (χ3n) is 1.95. The molecule has 14 heavy (non-hydrogen) atoms. The number of thioether (sulfide) groups is 1. The van der Waals surface area contributed by atoms with Crippen LogP contribution in [0.2, 0.25) is 0 Å². The van der Waals surface area contributed by atoms with E-state index in [1.807, 2.05) is 13.8 Å². The van der Waals surface area contributed by atoms with Gasteiger partial charge in [-0.3, -0.25) is 0 Å². The molecule has 4 nitrogen and oxygen atoms in total. The maximum Gasteiger partial charge on any atom is 0.137 e. The van der Waals surface area contributed by atoms with Gasteiger partial charge in [-0.05, 0) is 13.8 Å². The summed E-state index contributed by atoms with van der Waals surface area (Å²) >= 11 is 1.56. The van der Waals surface area contributed by atoms with Gasteiger partial charge in [0.05, 0.1) is 18.4 Å². The summed E-state index contributed by atoms with van der Waals surface area (Å²) in [4.78, 5) is 0. The number of hydrogen-bond donors (Lipinski definition) is 2. The van der Waals surface area contributed by atoms with E-state index in [9.17, 15) is 0 Å². The minimum atomic E-state index is -0.638. The van der Waals surface area contributed by atoms with Crippen LogP contribution in [0.3, 0.4) is 0 Å². The first-order valence-corrected chi connectivity index (χ1v) is 5.59. The molecular weight excluding hydrogens is 202 g/mol. The van der Waals surface area contributed by atoms with Crippen molar-refractivity contribution in [1.82, 2.24) is 5.16 Å². The fourth-order valence-corrected chi connectivity index (χ4v) is 2.17. The standard InChI is InChI=1S/C9H15NO3S/c1-6-9(7(2)13-10-6)5-14-4-8(12)3-11/h8,11-12H,3-5H2,1-2H3. The van der Waals surface area contributed by atoms with Crippen molar-refractivity contribution in [2.24, 2.45) is 0 Å². The van der Waals surface area contributed by atoms with Crippen LogP contribution < -0.4 is 0 Å². The molecule has 80 valence electrons. The van der Waals surface area contributed by atoms with Crippen LogP contribution in [0.25, 0.3) is 0 Å². The number of nitrogens with zero attached hydrogens (tertiary/aromatic N) is 1. The minimum Gasteiger partial charge on any atom is -0.394 e. The van der Waals surface area contributed by atoms with Crippen molar-refractivity contribution < 1.29 is 14.7 Å². The number of aromatic nitrogens is 1. The maximum atomic E-state index is 9.12. The summed E-state index contributed by atoms with van der Waals surface area (Å²) in [6.45, 7) is 3.59. The second kappa shape index (κ2) is 5.38. The van der Waals surface area contributed by atoms with E-state index in [0.717, 1.165) is 22.8 Å². The summed E-state index contributed by atoms with van der Waals surface area (Å²) in [7, 11) is 0. The molecule has 0 spiro atoms. The summed E-state index contributed by atoms with van der Waals surface area (Å²) in [6.07, 6.45) is -0.638. The second-order valence-electron chi connectivity index (χ2n) is 3.15. The lowest BCUT2D eigenvalue weighted by Gasteiger charge is -2.05. The Labute approximate surface area is 87.3 Å². The summed E-state index contributed by atoms with van der Waals surface area (Å²) in [6, 6.07) is 0. The van der Waals surface area contributed by atoms with Crippen LogP contribution in [0.1, 0.15) is 17.0 Å². The zero-order valence-electron chi connectivity index (χ0n) is 8.36. The van der Waals surface area contributed by atoms with E-state index in [2.05, 4.69) is 5.16 Å². The smallest absolute Gasteiger partial charge is 0.137 e. The molecule has 0 aliphatic heterocycles. The van der Waals surface area contributed by atoms with Crippen LogP contribution >= 0.6 is 11.8 Å². The predicted molar refractivity (Wildman–Crippen MR) is 55.2 cm³/mol. The van der Waals surface area contributed by atoms with Crippen LogP contribution in [-0.2, 0) is 5.75 Å². The van der Waals surface area contributed by atoms with Gasteiger partial charge in [0.1, 0.15) is 5.76 Å². The number of aryl methyl sites for hydroxylation is 2. The van der Waals surface area contributed by atoms with Gasteiger partial charge >= 0.3 is 0 Å². The van der Waals surface area contributed by atoms with Crippen LogP contribution in [0, 0.1) is 13.8 Å². The monoisotopic (exact) mass is 217 g/mol. The Kier molecular flexibility index (Phi) is 4.44. The van der Waals surface area contributed by atoms with E-state index in [-0.39, 0.29) is 6.61 Å². The van der Waals surface area contributed by atoms with Crippen molar-refractivity contribution in [2.75, 3.05) is 12.4 Å². The van der Waals surface area contributed by atoms with E-state index in [1.54, 1.807) is 11.8 Å². The Bertz CT molecular complexity index is 268. The first kappa shape index (κ1) is 11.6. The quantitative estimate of drug-likeness (QED) is 0.766. The summed E-state index contributed by atoms with van der Waals surface area (Å²) < 4.78 is 5.00. The Morgan fingerprint density at radius 2 is 2.21 bits per heavy atom. The van der Waals surface area contributed by atoms with Crippen molar-refractivity contribution in [3.05, 3.63) is 17.0 Å². The van der Waals surface area contributed by atoms with E-state index in [1.165, 1.54) is 0 Å². The normalized spacial score (nSPS) is 13.1. The molecule has 1 rings (SSSR count). The molecule has 1 heterocycles. The first-order chi connectivity index (χ1) is 6.65. The predicted octanol–water partition coefficient (Wildman–Crippen LogP) is 0.878. The lowest BCUT2D eigenvalue weighted by atomic mass is 10.2. The summed E-state index contributed by atoms with van der Waals surface area (Å²) in [5, 5.41) is 21.6. The highest BCUT2D eigenvalue weighted by Crippen LogP contribution is 2.19. The van der Waals surface area contributed by atoms with Gasteiger partial charge in [-0.25, -0.2) is 0 Å². The van der Waals surface area contributed by atoms with Gasteiger partial charge in [-0.1, -0.05) is 5.16 Å². The van der Waals surface area contributed by atoms with Crippen LogP contribution in [0.4, 0.5) is 0 Å². The lowest BCUT2D eigenvalue weighted by molar-refractivity contribution is 0.113. The third-order valence-corrected chi connectivity index (χ3v) is 3.06. The molecule has 2 N–H and O–H groups in total. The Morgan fingerprint density at radius 3 is 2.71 bits per heavy atom. The average Bonchev–Trinajstić information content (AvgIpc) is 2.48. The molecule has 0 saturated heterocycles. The van der Waals surface area contributed by atoms with Crippen LogP contribution in [0.15, 0.2) is 4.52 Å². The van der Waals surface area contributed by atoms with Crippen molar-refractivity contribution in [3.8, 4) is 0 Å². The second-order valence-corrected chi connectivity index (χ2v) is 4.18. The van der Waals surface area contributed by atoms with Gasteiger partial charge < -0.3 is 14.7 Å². The Hall–Kier alpha value is -0.520. The first-order valence-electron chi connectivity index (χ1n) is 4.43. The molecule has 0 aliphatic rings. The van der Waals surface area contributed by atoms with E-state index in [0.29, 0.717) is 5.75 Å². The zero-order valence-corrected chi connectivity index (χ0v) is 9.17. The molecule has 5 heteroatoms. The highest BCUT2D eigenvalue weighted by Gasteiger charge is 2.09. The molecule has 0 bridgehead atoms. The SMILES string of the molecule is Cc1noc(C)c1CSCC(O)CO. The molecular formula is C9H15NO3S. The van der Waals surface area contributed by atoms with Crippen LogP contribution in [-0.4, -0.2) is 33.8 Å². The molecule has 0 radical (unpaired) electrons. The van der Waals surface area contributed by atoms with Gasteiger partial charge in [0.2, 0.25) is 0 Å². The fraction of sp³-hybridized carbons (Fsp3) is 0.667. The topological polar surface area (TPSA) is 66.5 Å².